The summed E-state index contributed by atoms with van der Waals surface area (Å²) in [4.78, 5) is 6.51. The first-order chi connectivity index (χ1) is 7.00. The fourth-order valence-electron chi connectivity index (χ4n) is 1.67. The van der Waals surface area contributed by atoms with Gasteiger partial charge in [0.15, 0.2) is 0 Å². The quantitative estimate of drug-likeness (QED) is 0.732. The minimum absolute atomic E-state index is 0.542. The Morgan fingerprint density at radius 3 is 2.20 bits per heavy atom. The molecular formula is C12H19ClN2. The topological polar surface area (TPSA) is 16.1 Å². The first-order valence-corrected chi connectivity index (χ1v) is 5.74. The van der Waals surface area contributed by atoms with E-state index in [9.17, 15) is 0 Å². The van der Waals surface area contributed by atoms with E-state index in [4.69, 9.17) is 11.6 Å². The zero-order valence-corrected chi connectivity index (χ0v) is 10.6. The molecule has 84 valence electrons. The average molecular weight is 227 g/mol. The fourth-order valence-corrected chi connectivity index (χ4v) is 1.78. The van der Waals surface area contributed by atoms with E-state index in [-0.39, 0.29) is 0 Å². The second kappa shape index (κ2) is 5.47. The minimum atomic E-state index is 0.542. The highest BCUT2D eigenvalue weighted by Crippen LogP contribution is 2.12. The van der Waals surface area contributed by atoms with Gasteiger partial charge in [0.25, 0.3) is 0 Å². The lowest BCUT2D eigenvalue weighted by molar-refractivity contribution is 0.166. The van der Waals surface area contributed by atoms with Gasteiger partial charge < -0.3 is 0 Å². The molecule has 3 heteroatoms. The van der Waals surface area contributed by atoms with E-state index in [0.29, 0.717) is 17.2 Å². The molecular weight excluding hydrogens is 208 g/mol. The monoisotopic (exact) mass is 226 g/mol. The van der Waals surface area contributed by atoms with Crippen LogP contribution in [0.4, 0.5) is 0 Å². The van der Waals surface area contributed by atoms with E-state index in [1.165, 1.54) is 5.56 Å². The van der Waals surface area contributed by atoms with Crippen LogP contribution >= 0.6 is 11.6 Å². The van der Waals surface area contributed by atoms with Gasteiger partial charge in [0.05, 0.1) is 0 Å². The molecule has 0 amide bonds. The van der Waals surface area contributed by atoms with Crippen LogP contribution in [-0.2, 0) is 6.54 Å². The molecule has 0 N–H and O–H groups in total. The number of pyridine rings is 1. The number of aromatic nitrogens is 1. The molecule has 0 spiro atoms. The predicted molar refractivity (Wildman–Crippen MR) is 65.1 cm³/mol. The summed E-state index contributed by atoms with van der Waals surface area (Å²) in [6, 6.07) is 4.96. The van der Waals surface area contributed by atoms with E-state index in [0.717, 1.165) is 6.54 Å². The van der Waals surface area contributed by atoms with Crippen LogP contribution in [-0.4, -0.2) is 22.0 Å². The molecule has 0 aliphatic heterocycles. The molecule has 1 rings (SSSR count). The van der Waals surface area contributed by atoms with Crippen molar-refractivity contribution >= 4 is 11.6 Å². The Kier molecular flexibility index (Phi) is 4.55. The highest BCUT2D eigenvalue weighted by atomic mass is 35.5. The van der Waals surface area contributed by atoms with Gasteiger partial charge in [0.2, 0.25) is 0 Å². The average Bonchev–Trinajstić information content (AvgIpc) is 2.15. The molecule has 0 bridgehead atoms. The van der Waals surface area contributed by atoms with Crippen LogP contribution in [0.25, 0.3) is 0 Å². The summed E-state index contributed by atoms with van der Waals surface area (Å²) >= 11 is 5.75. The Morgan fingerprint density at radius 1 is 1.20 bits per heavy atom. The normalized spacial score (nSPS) is 11.7. The Bertz CT molecular complexity index is 285. The SMILES string of the molecule is CC(C)N(Cc1ccc(Cl)nc1)C(C)C. The fraction of sp³-hybridized carbons (Fsp3) is 0.583. The van der Waals surface area contributed by atoms with Crippen molar-refractivity contribution in [1.29, 1.82) is 0 Å². The molecule has 0 aliphatic carbocycles. The molecule has 0 saturated heterocycles. The number of halogens is 1. The molecule has 1 aromatic heterocycles. The lowest BCUT2D eigenvalue weighted by atomic mass is 10.2. The summed E-state index contributed by atoms with van der Waals surface area (Å²) in [5, 5.41) is 0.555. The van der Waals surface area contributed by atoms with Gasteiger partial charge in [-0.15, -0.1) is 0 Å². The number of hydrogen-bond donors (Lipinski definition) is 0. The molecule has 2 nitrogen and oxygen atoms in total. The number of hydrogen-bond acceptors (Lipinski definition) is 2. The number of nitrogens with zero attached hydrogens (tertiary/aromatic N) is 2. The first kappa shape index (κ1) is 12.5. The summed E-state index contributed by atoms with van der Waals surface area (Å²) in [6.45, 7) is 9.78. The van der Waals surface area contributed by atoms with Gasteiger partial charge in [0, 0.05) is 24.8 Å². The third-order valence-electron chi connectivity index (χ3n) is 2.48. The summed E-state index contributed by atoms with van der Waals surface area (Å²) < 4.78 is 0. The van der Waals surface area contributed by atoms with Gasteiger partial charge in [-0.2, -0.15) is 0 Å². The van der Waals surface area contributed by atoms with Crippen LogP contribution in [0.3, 0.4) is 0 Å². The molecule has 0 fully saturated rings. The smallest absolute Gasteiger partial charge is 0.129 e. The van der Waals surface area contributed by atoms with Crippen molar-refractivity contribution in [3.8, 4) is 0 Å². The summed E-state index contributed by atoms with van der Waals surface area (Å²) in [5.41, 5.74) is 1.21. The highest BCUT2D eigenvalue weighted by Gasteiger charge is 2.13. The molecule has 15 heavy (non-hydrogen) atoms. The molecule has 1 heterocycles. The van der Waals surface area contributed by atoms with Crippen LogP contribution in [0.15, 0.2) is 18.3 Å². The van der Waals surface area contributed by atoms with Crippen LogP contribution in [0.1, 0.15) is 33.3 Å². The van der Waals surface area contributed by atoms with Crippen molar-refractivity contribution in [2.75, 3.05) is 0 Å². The maximum Gasteiger partial charge on any atom is 0.129 e. The third kappa shape index (κ3) is 3.80. The molecule has 0 aliphatic rings. The Morgan fingerprint density at radius 2 is 1.80 bits per heavy atom. The first-order valence-electron chi connectivity index (χ1n) is 5.37. The van der Waals surface area contributed by atoms with Gasteiger partial charge in [-0.3, -0.25) is 4.90 Å². The second-order valence-corrected chi connectivity index (χ2v) is 4.74. The van der Waals surface area contributed by atoms with Gasteiger partial charge in [-0.1, -0.05) is 17.7 Å². The van der Waals surface area contributed by atoms with Crippen LogP contribution < -0.4 is 0 Å². The largest absolute Gasteiger partial charge is 0.294 e. The Hall–Kier alpha value is -0.600. The van der Waals surface area contributed by atoms with Crippen LogP contribution in [0, 0.1) is 0 Å². The van der Waals surface area contributed by atoms with Gasteiger partial charge in [-0.05, 0) is 39.3 Å². The maximum atomic E-state index is 5.75. The van der Waals surface area contributed by atoms with Crippen LogP contribution in [0.5, 0.6) is 0 Å². The van der Waals surface area contributed by atoms with E-state index < -0.39 is 0 Å². The van der Waals surface area contributed by atoms with Gasteiger partial charge in [-0.25, -0.2) is 4.98 Å². The molecule has 0 radical (unpaired) electrons. The van der Waals surface area contributed by atoms with E-state index in [1.54, 1.807) is 0 Å². The van der Waals surface area contributed by atoms with Crippen molar-refractivity contribution in [1.82, 2.24) is 9.88 Å². The highest BCUT2D eigenvalue weighted by molar-refractivity contribution is 6.29. The second-order valence-electron chi connectivity index (χ2n) is 4.35. The van der Waals surface area contributed by atoms with Gasteiger partial charge >= 0.3 is 0 Å². The molecule has 1 aromatic rings. The number of rotatable bonds is 4. The maximum absolute atomic E-state index is 5.75. The van der Waals surface area contributed by atoms with Crippen molar-refractivity contribution in [3.63, 3.8) is 0 Å². The van der Waals surface area contributed by atoms with Crippen molar-refractivity contribution in [2.24, 2.45) is 0 Å². The molecule has 0 unspecified atom stereocenters. The van der Waals surface area contributed by atoms with Crippen molar-refractivity contribution < 1.29 is 0 Å². The molecule has 0 atom stereocenters. The predicted octanol–water partition coefficient (Wildman–Crippen LogP) is 3.35. The van der Waals surface area contributed by atoms with E-state index in [1.807, 2.05) is 18.3 Å². The third-order valence-corrected chi connectivity index (χ3v) is 2.70. The Labute approximate surface area is 97.3 Å². The van der Waals surface area contributed by atoms with Crippen molar-refractivity contribution in [2.45, 2.75) is 46.3 Å². The summed E-state index contributed by atoms with van der Waals surface area (Å²) in [6.07, 6.45) is 1.85. The van der Waals surface area contributed by atoms with E-state index in [2.05, 4.69) is 37.6 Å². The standard InChI is InChI=1S/C12H19ClN2/c1-9(2)15(10(3)4)8-11-5-6-12(13)14-7-11/h5-7,9-10H,8H2,1-4H3. The minimum Gasteiger partial charge on any atom is -0.294 e. The lowest BCUT2D eigenvalue weighted by Gasteiger charge is -2.30. The zero-order valence-electron chi connectivity index (χ0n) is 9.87. The van der Waals surface area contributed by atoms with Crippen LogP contribution in [0.2, 0.25) is 5.15 Å². The zero-order chi connectivity index (χ0) is 11.4. The molecule has 0 aromatic carbocycles. The summed E-state index contributed by atoms with van der Waals surface area (Å²) in [7, 11) is 0. The Balaban J connectivity index is 2.70. The van der Waals surface area contributed by atoms with Crippen molar-refractivity contribution in [3.05, 3.63) is 29.0 Å². The molecule has 0 saturated carbocycles. The van der Waals surface area contributed by atoms with Gasteiger partial charge in [0.1, 0.15) is 5.15 Å². The lowest BCUT2D eigenvalue weighted by Crippen LogP contribution is -2.36. The summed E-state index contributed by atoms with van der Waals surface area (Å²) in [5.74, 6) is 0. The van der Waals surface area contributed by atoms with E-state index >= 15 is 0 Å².